The SMILES string of the molecule is NC(O)[C@@H]1CCC(Nc2ncc3nnn(-c4ccc(N5CCCC5)cc4)c3n2)C1. The molecular weight excluding hydrogens is 368 g/mol. The third-order valence-electron chi connectivity index (χ3n) is 6.05. The summed E-state index contributed by atoms with van der Waals surface area (Å²) in [6, 6.07) is 8.58. The number of nitrogens with one attached hydrogen (secondary N) is 1. The molecule has 0 spiro atoms. The molecule has 9 nitrogen and oxygen atoms in total. The summed E-state index contributed by atoms with van der Waals surface area (Å²) in [5, 5.41) is 21.4. The lowest BCUT2D eigenvalue weighted by Crippen LogP contribution is -2.29. The minimum atomic E-state index is -0.764. The van der Waals surface area contributed by atoms with Crippen molar-refractivity contribution in [2.45, 2.75) is 44.4 Å². The fraction of sp³-hybridized carbons (Fsp3) is 0.500. The highest BCUT2D eigenvalue weighted by Crippen LogP contribution is 2.29. The molecule has 2 aromatic heterocycles. The molecule has 3 atom stereocenters. The van der Waals surface area contributed by atoms with Crippen LogP contribution >= 0.6 is 0 Å². The first-order valence-corrected chi connectivity index (χ1v) is 10.3. The van der Waals surface area contributed by atoms with Crippen molar-refractivity contribution in [2.24, 2.45) is 11.7 Å². The summed E-state index contributed by atoms with van der Waals surface area (Å²) < 4.78 is 1.75. The zero-order valence-electron chi connectivity index (χ0n) is 16.3. The zero-order chi connectivity index (χ0) is 19.8. The van der Waals surface area contributed by atoms with E-state index in [9.17, 15) is 5.11 Å². The zero-order valence-corrected chi connectivity index (χ0v) is 16.3. The highest BCUT2D eigenvalue weighted by atomic mass is 16.3. The molecule has 29 heavy (non-hydrogen) atoms. The molecule has 1 aromatic carbocycles. The maximum absolute atomic E-state index is 9.60. The molecule has 2 aliphatic rings. The molecule has 1 aliphatic carbocycles. The van der Waals surface area contributed by atoms with Crippen molar-refractivity contribution in [1.29, 1.82) is 0 Å². The van der Waals surface area contributed by atoms with E-state index in [2.05, 4.69) is 54.8 Å². The summed E-state index contributed by atoms with van der Waals surface area (Å²) in [6.45, 7) is 2.24. The van der Waals surface area contributed by atoms with Crippen molar-refractivity contribution in [1.82, 2.24) is 25.0 Å². The number of benzene rings is 1. The lowest BCUT2D eigenvalue weighted by Gasteiger charge is -2.17. The molecule has 3 heterocycles. The monoisotopic (exact) mass is 394 g/mol. The number of anilines is 2. The summed E-state index contributed by atoms with van der Waals surface area (Å²) in [4.78, 5) is 11.4. The average Bonchev–Trinajstić information content (AvgIpc) is 3.49. The second-order valence-corrected chi connectivity index (χ2v) is 8.02. The van der Waals surface area contributed by atoms with Crippen LogP contribution in [0.4, 0.5) is 11.6 Å². The molecule has 1 saturated carbocycles. The minimum absolute atomic E-state index is 0.123. The van der Waals surface area contributed by atoms with Gasteiger partial charge < -0.3 is 21.1 Å². The van der Waals surface area contributed by atoms with Crippen LogP contribution in [-0.2, 0) is 0 Å². The van der Waals surface area contributed by atoms with E-state index < -0.39 is 6.23 Å². The van der Waals surface area contributed by atoms with Gasteiger partial charge in [-0.1, -0.05) is 5.21 Å². The Kier molecular flexibility index (Phi) is 4.76. The first-order chi connectivity index (χ1) is 14.2. The Morgan fingerprint density at radius 3 is 2.59 bits per heavy atom. The van der Waals surface area contributed by atoms with Gasteiger partial charge in [0.2, 0.25) is 5.95 Å². The lowest BCUT2D eigenvalue weighted by molar-refractivity contribution is 0.117. The third-order valence-corrected chi connectivity index (χ3v) is 6.05. The smallest absolute Gasteiger partial charge is 0.225 e. The van der Waals surface area contributed by atoms with Crippen LogP contribution in [0, 0.1) is 5.92 Å². The number of rotatable bonds is 5. The molecule has 2 fully saturated rings. The standard InChI is InChI=1S/C20H26N8O/c21-18(29)13-3-4-14(11-13)23-20-22-12-17-19(24-20)28(26-25-17)16-7-5-15(6-8-16)27-9-1-2-10-27/h5-8,12-14,18,29H,1-4,9-11,21H2,(H,22,23,24)/t13-,14?,18?/m1/s1. The number of fused-ring (bicyclic) bond motifs is 1. The Hall–Kier alpha value is -2.78. The number of hydrogen-bond acceptors (Lipinski definition) is 8. The topological polar surface area (TPSA) is 118 Å². The Morgan fingerprint density at radius 2 is 1.86 bits per heavy atom. The van der Waals surface area contributed by atoms with Crippen LogP contribution in [0.2, 0.25) is 0 Å². The highest BCUT2D eigenvalue weighted by molar-refractivity contribution is 5.72. The number of nitrogens with zero attached hydrogens (tertiary/aromatic N) is 6. The third kappa shape index (κ3) is 3.63. The van der Waals surface area contributed by atoms with Crippen LogP contribution in [0.5, 0.6) is 0 Å². The molecule has 1 aliphatic heterocycles. The van der Waals surface area contributed by atoms with Crippen LogP contribution in [0.1, 0.15) is 32.1 Å². The van der Waals surface area contributed by atoms with E-state index in [-0.39, 0.29) is 12.0 Å². The van der Waals surface area contributed by atoms with Crippen molar-refractivity contribution >= 4 is 22.8 Å². The van der Waals surface area contributed by atoms with Crippen molar-refractivity contribution in [2.75, 3.05) is 23.3 Å². The summed E-state index contributed by atoms with van der Waals surface area (Å²) in [7, 11) is 0. The maximum atomic E-state index is 9.60. The molecule has 0 radical (unpaired) electrons. The van der Waals surface area contributed by atoms with E-state index in [0.717, 1.165) is 38.0 Å². The minimum Gasteiger partial charge on any atom is -0.379 e. The normalized spacial score (nSPS) is 23.0. The average molecular weight is 394 g/mol. The van der Waals surface area contributed by atoms with E-state index >= 15 is 0 Å². The number of aliphatic hydroxyl groups excluding tert-OH is 1. The van der Waals surface area contributed by atoms with Crippen molar-refractivity contribution < 1.29 is 5.11 Å². The molecule has 4 N–H and O–H groups in total. The van der Waals surface area contributed by atoms with Gasteiger partial charge in [-0.3, -0.25) is 0 Å². The molecule has 1 saturated heterocycles. The molecule has 3 aromatic rings. The molecule has 0 bridgehead atoms. The Balaban J connectivity index is 1.37. The second kappa shape index (κ2) is 7.57. The van der Waals surface area contributed by atoms with E-state index in [1.54, 1.807) is 10.9 Å². The van der Waals surface area contributed by atoms with E-state index in [0.29, 0.717) is 17.1 Å². The van der Waals surface area contributed by atoms with Crippen LogP contribution in [-0.4, -0.2) is 55.4 Å². The number of hydrogen-bond donors (Lipinski definition) is 3. The van der Waals surface area contributed by atoms with Gasteiger partial charge in [-0.25, -0.2) is 4.98 Å². The predicted molar refractivity (Wildman–Crippen MR) is 111 cm³/mol. The van der Waals surface area contributed by atoms with Gasteiger partial charge in [0.25, 0.3) is 0 Å². The van der Waals surface area contributed by atoms with E-state index in [1.807, 2.05) is 0 Å². The Bertz CT molecular complexity index is 980. The number of aromatic nitrogens is 5. The van der Waals surface area contributed by atoms with Crippen LogP contribution in [0.25, 0.3) is 16.9 Å². The summed E-state index contributed by atoms with van der Waals surface area (Å²) in [6.07, 6.45) is 6.10. The van der Waals surface area contributed by atoms with E-state index in [1.165, 1.54) is 18.5 Å². The first-order valence-electron chi connectivity index (χ1n) is 10.3. The molecule has 152 valence electrons. The summed E-state index contributed by atoms with van der Waals surface area (Å²) in [5.41, 5.74) is 9.11. The van der Waals surface area contributed by atoms with Crippen molar-refractivity contribution in [3.63, 3.8) is 0 Å². The first kappa shape index (κ1) is 18.3. The predicted octanol–water partition coefficient (Wildman–Crippen LogP) is 1.67. The van der Waals surface area contributed by atoms with Gasteiger partial charge in [-0.2, -0.15) is 9.67 Å². The van der Waals surface area contributed by atoms with Gasteiger partial charge in [-0.05, 0) is 56.4 Å². The Morgan fingerprint density at radius 1 is 1.10 bits per heavy atom. The fourth-order valence-electron chi connectivity index (χ4n) is 4.39. The summed E-state index contributed by atoms with van der Waals surface area (Å²) in [5.74, 6) is 0.671. The number of nitrogens with two attached hydrogens (primary N) is 1. The fourth-order valence-corrected chi connectivity index (χ4v) is 4.39. The summed E-state index contributed by atoms with van der Waals surface area (Å²) >= 11 is 0. The highest BCUT2D eigenvalue weighted by Gasteiger charge is 2.28. The second-order valence-electron chi connectivity index (χ2n) is 8.02. The van der Waals surface area contributed by atoms with Crippen molar-refractivity contribution in [3.8, 4) is 5.69 Å². The van der Waals surface area contributed by atoms with Gasteiger partial charge in [-0.15, -0.1) is 5.10 Å². The molecule has 0 amide bonds. The quantitative estimate of drug-likeness (QED) is 0.559. The van der Waals surface area contributed by atoms with Crippen molar-refractivity contribution in [3.05, 3.63) is 30.5 Å². The van der Waals surface area contributed by atoms with Crippen LogP contribution in [0.15, 0.2) is 30.5 Å². The lowest BCUT2D eigenvalue weighted by atomic mass is 10.1. The molecule has 9 heteroatoms. The van der Waals surface area contributed by atoms with Crippen LogP contribution in [0.3, 0.4) is 0 Å². The van der Waals surface area contributed by atoms with Gasteiger partial charge in [0.05, 0.1) is 11.9 Å². The molecule has 5 rings (SSSR count). The number of aliphatic hydroxyl groups is 1. The van der Waals surface area contributed by atoms with Crippen LogP contribution < -0.4 is 16.0 Å². The maximum Gasteiger partial charge on any atom is 0.225 e. The van der Waals surface area contributed by atoms with E-state index in [4.69, 9.17) is 5.73 Å². The van der Waals surface area contributed by atoms with Gasteiger partial charge in [0.15, 0.2) is 11.2 Å². The van der Waals surface area contributed by atoms with Gasteiger partial charge in [0, 0.05) is 30.7 Å². The molecular formula is C20H26N8O. The molecule has 2 unspecified atom stereocenters. The van der Waals surface area contributed by atoms with Gasteiger partial charge >= 0.3 is 0 Å². The Labute approximate surface area is 168 Å². The van der Waals surface area contributed by atoms with Gasteiger partial charge in [0.1, 0.15) is 6.23 Å². The largest absolute Gasteiger partial charge is 0.379 e.